The molecule has 4 N–H and O–H groups in total. The molecular weight excluding hydrogens is 192 g/mol. The summed E-state index contributed by atoms with van der Waals surface area (Å²) in [5.41, 5.74) is 4.74. The summed E-state index contributed by atoms with van der Waals surface area (Å²) in [4.78, 5) is 31.2. The van der Waals surface area contributed by atoms with E-state index >= 15 is 0 Å². The van der Waals surface area contributed by atoms with Crippen LogP contribution in [0.25, 0.3) is 0 Å². The number of ether oxygens (including phenoxy) is 1. The molecule has 2 amide bonds. The van der Waals surface area contributed by atoms with E-state index in [9.17, 15) is 14.4 Å². The number of urea groups is 1. The number of nitrogens with one attached hydrogen (secondary N) is 1. The molecule has 0 spiro atoms. The molecule has 0 aliphatic carbocycles. The normalized spacial score (nSPS) is 11.5. The fourth-order valence-corrected chi connectivity index (χ4v) is 0.750. The molecule has 14 heavy (non-hydrogen) atoms. The van der Waals surface area contributed by atoms with Crippen molar-refractivity contribution in [3.8, 4) is 0 Å². The van der Waals surface area contributed by atoms with Crippen LogP contribution in [0, 0.1) is 0 Å². The number of nitrogens with two attached hydrogens (primary N) is 1. The number of amides is 2. The number of carbonyl (C=O) groups excluding carboxylic acids is 2. The lowest BCUT2D eigenvalue weighted by Crippen LogP contribution is -2.44. The van der Waals surface area contributed by atoms with E-state index < -0.39 is 24.0 Å². The molecule has 0 saturated carbocycles. The highest BCUT2D eigenvalue weighted by Gasteiger charge is 2.18. The summed E-state index contributed by atoms with van der Waals surface area (Å²) in [5.74, 6) is -1.73. The summed E-state index contributed by atoms with van der Waals surface area (Å²) in [6.45, 7) is 1.13. The smallest absolute Gasteiger partial charge is 0.326 e. The van der Waals surface area contributed by atoms with Gasteiger partial charge in [-0.1, -0.05) is 0 Å². The average molecular weight is 204 g/mol. The van der Waals surface area contributed by atoms with Crippen molar-refractivity contribution in [3.05, 3.63) is 0 Å². The molecule has 0 radical (unpaired) electrons. The van der Waals surface area contributed by atoms with Crippen LogP contribution in [0.5, 0.6) is 0 Å². The highest BCUT2D eigenvalue weighted by atomic mass is 16.5. The molecule has 0 saturated heterocycles. The molecule has 0 rings (SSSR count). The fourth-order valence-electron chi connectivity index (χ4n) is 0.750. The minimum Gasteiger partial charge on any atom is -0.480 e. The molecule has 7 nitrogen and oxygen atoms in total. The highest BCUT2D eigenvalue weighted by molar-refractivity contribution is 5.81. The quantitative estimate of drug-likeness (QED) is 0.499. The predicted octanol–water partition coefficient (Wildman–Crippen LogP) is -0.939. The minimum absolute atomic E-state index is 0.0160. The predicted molar refractivity (Wildman–Crippen MR) is 45.4 cm³/mol. The summed E-state index contributed by atoms with van der Waals surface area (Å²) < 4.78 is 4.51. The van der Waals surface area contributed by atoms with Gasteiger partial charge in [-0.05, 0) is 0 Å². The van der Waals surface area contributed by atoms with E-state index in [2.05, 4.69) is 4.74 Å². The van der Waals surface area contributed by atoms with Crippen molar-refractivity contribution in [3.63, 3.8) is 0 Å². The van der Waals surface area contributed by atoms with Gasteiger partial charge in [0.2, 0.25) is 0 Å². The Labute approximate surface area is 80.2 Å². The van der Waals surface area contributed by atoms with Gasteiger partial charge in [-0.15, -0.1) is 0 Å². The Hall–Kier alpha value is -1.79. The second-order valence-corrected chi connectivity index (χ2v) is 2.53. The number of primary amides is 1. The molecule has 0 aliphatic rings. The second kappa shape index (κ2) is 5.79. The number of carboxylic acids is 1. The molecule has 0 aromatic rings. The maximum Gasteiger partial charge on any atom is 0.326 e. The third kappa shape index (κ3) is 5.81. The average Bonchev–Trinajstić information content (AvgIpc) is 2.00. The van der Waals surface area contributed by atoms with E-state index in [-0.39, 0.29) is 13.0 Å². The molecule has 0 bridgehead atoms. The molecule has 80 valence electrons. The molecule has 0 heterocycles. The van der Waals surface area contributed by atoms with Gasteiger partial charge in [-0.2, -0.15) is 0 Å². The second-order valence-electron chi connectivity index (χ2n) is 2.53. The van der Waals surface area contributed by atoms with E-state index in [1.54, 1.807) is 0 Å². The van der Waals surface area contributed by atoms with Crippen molar-refractivity contribution in [2.24, 2.45) is 5.73 Å². The molecule has 0 aromatic carbocycles. The van der Waals surface area contributed by atoms with Gasteiger partial charge >= 0.3 is 18.0 Å². The zero-order valence-electron chi connectivity index (χ0n) is 7.65. The lowest BCUT2D eigenvalue weighted by atomic mass is 10.2. The summed E-state index contributed by atoms with van der Waals surface area (Å²) in [6, 6.07) is -2.06. The topological polar surface area (TPSA) is 119 Å². The van der Waals surface area contributed by atoms with E-state index in [1.807, 2.05) is 5.32 Å². The number of aliphatic carboxylic acids is 1. The molecule has 0 fully saturated rings. The number of esters is 1. The molecule has 0 aromatic heterocycles. The van der Waals surface area contributed by atoms with Crippen LogP contribution in [0.2, 0.25) is 0 Å². The van der Waals surface area contributed by atoms with Gasteiger partial charge < -0.3 is 20.9 Å². The number of carbonyl (C=O) groups is 3. The van der Waals surface area contributed by atoms with E-state index in [4.69, 9.17) is 10.8 Å². The van der Waals surface area contributed by atoms with Crippen LogP contribution in [0.15, 0.2) is 0 Å². The Morgan fingerprint density at radius 3 is 2.43 bits per heavy atom. The van der Waals surface area contributed by atoms with Crippen molar-refractivity contribution >= 4 is 18.0 Å². The monoisotopic (exact) mass is 204 g/mol. The zero-order chi connectivity index (χ0) is 11.1. The summed E-state index contributed by atoms with van der Waals surface area (Å²) in [7, 11) is 0. The maximum absolute atomic E-state index is 10.5. The molecule has 0 unspecified atom stereocenters. The van der Waals surface area contributed by atoms with Crippen LogP contribution < -0.4 is 11.1 Å². The molecular formula is C7H12N2O5. The summed E-state index contributed by atoms with van der Waals surface area (Å²) in [6.07, 6.45) is -0.0160. The Morgan fingerprint density at radius 1 is 1.50 bits per heavy atom. The number of rotatable bonds is 5. The van der Waals surface area contributed by atoms with Crippen molar-refractivity contribution < 1.29 is 24.2 Å². The number of carboxylic acid groups (broad SMARTS) is 1. The van der Waals surface area contributed by atoms with E-state index in [0.717, 1.165) is 0 Å². The summed E-state index contributed by atoms with van der Waals surface area (Å²) >= 11 is 0. The Bertz CT molecular complexity index is 240. The third-order valence-corrected chi connectivity index (χ3v) is 1.33. The number of hydrogen-bond acceptors (Lipinski definition) is 4. The lowest BCUT2D eigenvalue weighted by molar-refractivity contribution is -0.144. The van der Waals surface area contributed by atoms with Gasteiger partial charge in [-0.25, -0.2) is 9.59 Å². The zero-order valence-corrected chi connectivity index (χ0v) is 7.65. The first-order valence-electron chi connectivity index (χ1n) is 3.85. The third-order valence-electron chi connectivity index (χ3n) is 1.33. The van der Waals surface area contributed by atoms with Gasteiger partial charge in [0.1, 0.15) is 6.04 Å². The van der Waals surface area contributed by atoms with Crippen LogP contribution in [0.4, 0.5) is 4.79 Å². The molecule has 1 atom stereocenters. The first-order valence-corrected chi connectivity index (χ1v) is 3.85. The summed E-state index contributed by atoms with van der Waals surface area (Å²) in [5, 5.41) is 10.6. The van der Waals surface area contributed by atoms with Crippen LogP contribution in [-0.4, -0.2) is 35.7 Å². The van der Waals surface area contributed by atoms with E-state index in [1.165, 1.54) is 6.92 Å². The fraction of sp³-hybridized carbons (Fsp3) is 0.571. The van der Waals surface area contributed by atoms with Gasteiger partial charge in [0, 0.05) is 13.3 Å². The lowest BCUT2D eigenvalue weighted by Gasteiger charge is -2.11. The SMILES string of the molecule is CC(=O)OCC[C@H](NC(N)=O)C(=O)O. The van der Waals surface area contributed by atoms with Crippen LogP contribution in [0.3, 0.4) is 0 Å². The highest BCUT2D eigenvalue weighted by Crippen LogP contribution is 1.93. The van der Waals surface area contributed by atoms with E-state index in [0.29, 0.717) is 0 Å². The Kier molecular flexibility index (Phi) is 5.05. The Balaban J connectivity index is 3.91. The number of hydrogen-bond donors (Lipinski definition) is 3. The van der Waals surface area contributed by atoms with Gasteiger partial charge in [-0.3, -0.25) is 4.79 Å². The van der Waals surface area contributed by atoms with Gasteiger partial charge in [0.05, 0.1) is 6.61 Å². The van der Waals surface area contributed by atoms with Crippen molar-refractivity contribution in [2.45, 2.75) is 19.4 Å². The molecule has 7 heteroatoms. The standard InChI is InChI=1S/C7H12N2O5/c1-4(10)14-3-2-5(6(11)12)9-7(8)13/h5H,2-3H2,1H3,(H,11,12)(H3,8,9,13)/t5-/m0/s1. The van der Waals surface area contributed by atoms with Crippen LogP contribution >= 0.6 is 0 Å². The first-order chi connectivity index (χ1) is 6.43. The maximum atomic E-state index is 10.5. The van der Waals surface area contributed by atoms with Crippen molar-refractivity contribution in [2.75, 3.05) is 6.61 Å². The van der Waals surface area contributed by atoms with Crippen LogP contribution in [0.1, 0.15) is 13.3 Å². The van der Waals surface area contributed by atoms with Crippen LogP contribution in [-0.2, 0) is 14.3 Å². The first kappa shape index (κ1) is 12.2. The largest absolute Gasteiger partial charge is 0.480 e. The Morgan fingerprint density at radius 2 is 2.07 bits per heavy atom. The van der Waals surface area contributed by atoms with Gasteiger partial charge in [0.25, 0.3) is 0 Å². The van der Waals surface area contributed by atoms with Gasteiger partial charge in [0.15, 0.2) is 0 Å². The minimum atomic E-state index is -1.23. The van der Waals surface area contributed by atoms with Crippen molar-refractivity contribution in [1.29, 1.82) is 0 Å². The van der Waals surface area contributed by atoms with Crippen molar-refractivity contribution in [1.82, 2.24) is 5.32 Å². The molecule has 0 aliphatic heterocycles.